The van der Waals surface area contributed by atoms with Gasteiger partial charge in [-0.2, -0.15) is 0 Å². The number of hydrogen-bond donors (Lipinski definition) is 1. The number of amides is 1. The molecule has 1 N–H and O–H groups in total. The van der Waals surface area contributed by atoms with Crippen molar-refractivity contribution in [3.8, 4) is 11.5 Å². The lowest BCUT2D eigenvalue weighted by Crippen LogP contribution is -2.38. The van der Waals surface area contributed by atoms with Crippen molar-refractivity contribution in [2.24, 2.45) is 4.99 Å². The average Bonchev–Trinajstić information content (AvgIpc) is 3.34. The van der Waals surface area contributed by atoms with E-state index >= 15 is 0 Å². The third-order valence-corrected chi connectivity index (χ3v) is 7.20. The fourth-order valence-electron chi connectivity index (χ4n) is 4.47. The first-order valence-electron chi connectivity index (χ1n) is 12.7. The molecule has 1 atom stereocenters. The summed E-state index contributed by atoms with van der Waals surface area (Å²) in [5.41, 5.74) is 3.15. The molecule has 0 aromatic heterocycles. The number of methoxy groups -OCH3 is 2. The van der Waals surface area contributed by atoms with Gasteiger partial charge in [-0.15, -0.1) is 0 Å². The molecule has 2 aliphatic rings. The van der Waals surface area contributed by atoms with E-state index in [4.69, 9.17) is 19.2 Å². The summed E-state index contributed by atoms with van der Waals surface area (Å²) in [7, 11) is 7.08. The molecule has 0 aliphatic carbocycles. The van der Waals surface area contributed by atoms with Gasteiger partial charge in [0.2, 0.25) is 5.91 Å². The van der Waals surface area contributed by atoms with Crippen LogP contribution < -0.4 is 14.8 Å². The number of aliphatic imine (C=N–C) groups is 1. The number of rotatable bonds is 11. The zero-order chi connectivity index (χ0) is 27.9. The van der Waals surface area contributed by atoms with E-state index in [0.717, 1.165) is 23.4 Å². The summed E-state index contributed by atoms with van der Waals surface area (Å²) < 4.78 is 16.8. The van der Waals surface area contributed by atoms with E-state index in [9.17, 15) is 9.59 Å². The number of nitrogens with zero attached hydrogens (tertiary/aromatic N) is 3. The quantitative estimate of drug-likeness (QED) is 0.419. The Bertz CT molecular complexity index is 1310. The van der Waals surface area contributed by atoms with Crippen LogP contribution >= 0.6 is 11.8 Å². The summed E-state index contributed by atoms with van der Waals surface area (Å²) in [6.07, 6.45) is 0.130. The molecule has 0 bridgehead atoms. The molecule has 0 spiro atoms. The maximum Gasteiger partial charge on any atom is 0.338 e. The Kier molecular flexibility index (Phi) is 9.32. The first-order chi connectivity index (χ1) is 18.9. The first-order valence-corrected chi connectivity index (χ1v) is 13.6. The Morgan fingerprint density at radius 1 is 1.10 bits per heavy atom. The van der Waals surface area contributed by atoms with E-state index in [2.05, 4.69) is 5.32 Å². The summed E-state index contributed by atoms with van der Waals surface area (Å²) in [6.45, 7) is 3.25. The SMILES string of the molecule is CCOC(=O)C1=C(c2ccccc2)N=C2SC=C(CC(=O)NCCN(C)C)N2[C@H]1c1ccc(OC)cc1OC. The average molecular weight is 551 g/mol. The third-order valence-electron chi connectivity index (χ3n) is 6.31. The molecule has 2 aromatic carbocycles. The molecule has 39 heavy (non-hydrogen) atoms. The Morgan fingerprint density at radius 2 is 1.87 bits per heavy atom. The highest BCUT2D eigenvalue weighted by Gasteiger charge is 2.43. The normalized spacial score (nSPS) is 16.5. The predicted molar refractivity (Wildman–Crippen MR) is 153 cm³/mol. The second-order valence-electron chi connectivity index (χ2n) is 9.18. The lowest BCUT2D eigenvalue weighted by molar-refractivity contribution is -0.139. The van der Waals surface area contributed by atoms with Crippen molar-refractivity contribution < 1.29 is 23.8 Å². The highest BCUT2D eigenvalue weighted by atomic mass is 32.2. The van der Waals surface area contributed by atoms with Crippen LogP contribution in [0.2, 0.25) is 0 Å². The van der Waals surface area contributed by atoms with Gasteiger partial charge in [0.25, 0.3) is 0 Å². The number of esters is 1. The van der Waals surface area contributed by atoms with Crippen LogP contribution in [0.1, 0.15) is 30.5 Å². The minimum Gasteiger partial charge on any atom is -0.497 e. The van der Waals surface area contributed by atoms with Gasteiger partial charge in [0, 0.05) is 36.0 Å². The van der Waals surface area contributed by atoms with E-state index < -0.39 is 12.0 Å². The summed E-state index contributed by atoms with van der Waals surface area (Å²) >= 11 is 1.42. The summed E-state index contributed by atoms with van der Waals surface area (Å²) in [5, 5.41) is 5.56. The van der Waals surface area contributed by atoms with Gasteiger partial charge < -0.3 is 29.3 Å². The van der Waals surface area contributed by atoms with Gasteiger partial charge in [-0.05, 0) is 38.6 Å². The van der Waals surface area contributed by atoms with E-state index in [1.807, 2.05) is 71.8 Å². The fourth-order valence-corrected chi connectivity index (χ4v) is 5.39. The number of carbonyl (C=O) groups is 2. The second-order valence-corrected chi connectivity index (χ2v) is 10.0. The second kappa shape index (κ2) is 12.9. The van der Waals surface area contributed by atoms with Crippen LogP contribution in [0.3, 0.4) is 0 Å². The molecule has 0 saturated carbocycles. The number of thioether (sulfide) groups is 1. The third kappa shape index (κ3) is 6.29. The van der Waals surface area contributed by atoms with Gasteiger partial charge in [-0.3, -0.25) is 4.79 Å². The lowest BCUT2D eigenvalue weighted by atomic mass is 9.90. The van der Waals surface area contributed by atoms with Crippen molar-refractivity contribution in [1.29, 1.82) is 0 Å². The lowest BCUT2D eigenvalue weighted by Gasteiger charge is -2.37. The summed E-state index contributed by atoms with van der Waals surface area (Å²) in [4.78, 5) is 35.5. The van der Waals surface area contributed by atoms with E-state index in [1.165, 1.54) is 11.8 Å². The van der Waals surface area contributed by atoms with Crippen LogP contribution in [0.15, 0.2) is 70.2 Å². The Morgan fingerprint density at radius 3 is 2.54 bits per heavy atom. The monoisotopic (exact) mass is 550 g/mol. The molecule has 1 amide bonds. The number of ether oxygens (including phenoxy) is 3. The van der Waals surface area contributed by atoms with Crippen molar-refractivity contribution >= 4 is 34.5 Å². The zero-order valence-corrected chi connectivity index (χ0v) is 23.7. The Hall–Kier alpha value is -3.76. The van der Waals surface area contributed by atoms with Crippen LogP contribution in [-0.2, 0) is 14.3 Å². The molecular formula is C29H34N4O5S. The van der Waals surface area contributed by atoms with Crippen LogP contribution in [0, 0.1) is 0 Å². The van der Waals surface area contributed by atoms with Crippen molar-refractivity contribution in [2.45, 2.75) is 19.4 Å². The van der Waals surface area contributed by atoms with Crippen LogP contribution in [-0.4, -0.2) is 74.9 Å². The maximum absolute atomic E-state index is 13.7. The number of likely N-dealkylation sites (N-methyl/N-ethyl adjacent to an activating group) is 1. The Balaban J connectivity index is 1.84. The highest BCUT2D eigenvalue weighted by Crippen LogP contribution is 2.49. The zero-order valence-electron chi connectivity index (χ0n) is 22.9. The molecule has 0 saturated heterocycles. The minimum absolute atomic E-state index is 0.110. The van der Waals surface area contributed by atoms with Gasteiger partial charge >= 0.3 is 5.97 Å². The number of fused-ring (bicyclic) bond motifs is 1. The van der Waals surface area contributed by atoms with E-state index in [1.54, 1.807) is 27.2 Å². The summed E-state index contributed by atoms with van der Waals surface area (Å²) in [6, 6.07) is 14.4. The molecule has 10 heteroatoms. The van der Waals surface area contributed by atoms with E-state index in [-0.39, 0.29) is 18.9 Å². The fraction of sp³-hybridized carbons (Fsp3) is 0.345. The predicted octanol–water partition coefficient (Wildman–Crippen LogP) is 4.05. The molecule has 0 unspecified atom stereocenters. The van der Waals surface area contributed by atoms with Gasteiger partial charge in [-0.1, -0.05) is 42.1 Å². The molecule has 0 fully saturated rings. The summed E-state index contributed by atoms with van der Waals surface area (Å²) in [5.74, 6) is 0.577. The van der Waals surface area contributed by atoms with Crippen molar-refractivity contribution in [3.63, 3.8) is 0 Å². The van der Waals surface area contributed by atoms with Gasteiger partial charge in [0.15, 0.2) is 5.17 Å². The molecule has 2 aliphatic heterocycles. The largest absolute Gasteiger partial charge is 0.497 e. The molecule has 4 rings (SSSR count). The standard InChI is InChI=1S/C29H34N4O5S/c1-6-38-28(35)25-26(19-10-8-7-9-11-19)31-29-33(20(18-39-29)16-24(34)30-14-15-32(2)3)27(25)22-13-12-21(36-4)17-23(22)37-5/h7-13,17-18,27H,6,14-16H2,1-5H3,(H,30,34)/t27-/m0/s1. The molecule has 2 heterocycles. The number of hydrogen-bond acceptors (Lipinski definition) is 9. The smallest absolute Gasteiger partial charge is 0.338 e. The van der Waals surface area contributed by atoms with Crippen molar-refractivity contribution in [2.75, 3.05) is 48.0 Å². The van der Waals surface area contributed by atoms with Crippen LogP contribution in [0.5, 0.6) is 11.5 Å². The van der Waals surface area contributed by atoms with Crippen molar-refractivity contribution in [3.05, 3.63) is 76.3 Å². The van der Waals surface area contributed by atoms with Gasteiger partial charge in [-0.25, -0.2) is 9.79 Å². The Labute approximate surface area is 233 Å². The van der Waals surface area contributed by atoms with Crippen LogP contribution in [0.25, 0.3) is 5.70 Å². The number of nitrogens with one attached hydrogen (secondary N) is 1. The number of benzene rings is 2. The molecule has 0 radical (unpaired) electrons. The highest BCUT2D eigenvalue weighted by molar-refractivity contribution is 8.16. The first kappa shape index (κ1) is 28.3. The van der Waals surface area contributed by atoms with Gasteiger partial charge in [0.05, 0.1) is 44.6 Å². The molecular weight excluding hydrogens is 516 g/mol. The van der Waals surface area contributed by atoms with Crippen LogP contribution in [0.4, 0.5) is 0 Å². The maximum atomic E-state index is 13.7. The minimum atomic E-state index is -0.650. The molecule has 9 nitrogen and oxygen atoms in total. The molecule has 2 aromatic rings. The van der Waals surface area contributed by atoms with Crippen molar-refractivity contribution in [1.82, 2.24) is 15.1 Å². The van der Waals surface area contributed by atoms with E-state index in [0.29, 0.717) is 34.5 Å². The topological polar surface area (TPSA) is 92.7 Å². The number of carbonyl (C=O) groups excluding carboxylic acids is 2. The number of amidine groups is 1. The van der Waals surface area contributed by atoms with Gasteiger partial charge in [0.1, 0.15) is 11.5 Å². The molecule has 206 valence electrons.